The van der Waals surface area contributed by atoms with Gasteiger partial charge in [0.25, 0.3) is 11.7 Å². The van der Waals surface area contributed by atoms with Crippen LogP contribution < -0.4 is 4.74 Å². The highest BCUT2D eigenvalue weighted by Crippen LogP contribution is 2.40. The van der Waals surface area contributed by atoms with E-state index in [2.05, 4.69) is 15.9 Å². The number of nitrogens with zero attached hydrogens (tertiary/aromatic N) is 1. The van der Waals surface area contributed by atoms with Crippen LogP contribution in [0.4, 0.5) is 4.39 Å². The highest BCUT2D eigenvalue weighted by atomic mass is 79.9. The molecule has 1 aliphatic heterocycles. The Bertz CT molecular complexity index is 991. The average molecular weight is 464 g/mol. The van der Waals surface area contributed by atoms with Crippen LogP contribution in [0.15, 0.2) is 52.5 Å². The molecule has 2 N–H and O–H groups in total. The van der Waals surface area contributed by atoms with Crippen LogP contribution in [-0.2, 0) is 9.59 Å². The summed E-state index contributed by atoms with van der Waals surface area (Å²) in [6.45, 7) is -0.0239. The Morgan fingerprint density at radius 2 is 2.00 bits per heavy atom. The molecule has 152 valence electrons. The second kappa shape index (κ2) is 8.75. The van der Waals surface area contributed by atoms with E-state index >= 15 is 0 Å². The van der Waals surface area contributed by atoms with Crippen molar-refractivity contribution in [2.75, 3.05) is 20.3 Å². The Morgan fingerprint density at radius 1 is 1.24 bits per heavy atom. The molecule has 1 unspecified atom stereocenters. The van der Waals surface area contributed by atoms with Gasteiger partial charge in [0, 0.05) is 23.2 Å². The maximum atomic E-state index is 14.1. The zero-order valence-corrected chi connectivity index (χ0v) is 17.1. The van der Waals surface area contributed by atoms with Gasteiger partial charge in [-0.25, -0.2) is 4.39 Å². The molecule has 0 saturated carbocycles. The van der Waals surface area contributed by atoms with Gasteiger partial charge in [0.1, 0.15) is 5.76 Å². The SMILES string of the molecule is COc1ccc(/C(O)=C2/C(=O)C(=O)N(CCCO)C2c2cccc(Br)c2)cc1F. The summed E-state index contributed by atoms with van der Waals surface area (Å²) in [5.41, 5.74) is 0.533. The van der Waals surface area contributed by atoms with Crippen LogP contribution in [0.1, 0.15) is 23.6 Å². The molecular weight excluding hydrogens is 445 g/mol. The molecule has 1 fully saturated rings. The molecule has 1 heterocycles. The third-order valence-corrected chi connectivity index (χ3v) is 5.18. The number of halogens is 2. The Kier molecular flexibility index (Phi) is 6.34. The predicted octanol–water partition coefficient (Wildman–Crippen LogP) is 3.40. The topological polar surface area (TPSA) is 87.1 Å². The number of aliphatic hydroxyl groups excluding tert-OH is 2. The van der Waals surface area contributed by atoms with E-state index in [4.69, 9.17) is 9.84 Å². The molecule has 29 heavy (non-hydrogen) atoms. The summed E-state index contributed by atoms with van der Waals surface area (Å²) < 4.78 is 19.7. The summed E-state index contributed by atoms with van der Waals surface area (Å²) in [4.78, 5) is 26.7. The molecule has 0 aromatic heterocycles. The van der Waals surface area contributed by atoms with Gasteiger partial charge in [0.05, 0.1) is 18.7 Å². The number of methoxy groups -OCH3 is 1. The van der Waals surface area contributed by atoms with Crippen molar-refractivity contribution in [2.45, 2.75) is 12.5 Å². The molecule has 6 nitrogen and oxygen atoms in total. The summed E-state index contributed by atoms with van der Waals surface area (Å²) in [7, 11) is 1.32. The normalized spacial score (nSPS) is 18.3. The summed E-state index contributed by atoms with van der Waals surface area (Å²) in [6.07, 6.45) is 0.273. The third-order valence-electron chi connectivity index (χ3n) is 4.69. The van der Waals surface area contributed by atoms with E-state index in [1.165, 1.54) is 24.1 Å². The van der Waals surface area contributed by atoms with Gasteiger partial charge in [-0.05, 0) is 42.3 Å². The van der Waals surface area contributed by atoms with Crippen molar-refractivity contribution >= 4 is 33.4 Å². The van der Waals surface area contributed by atoms with Crippen molar-refractivity contribution in [1.29, 1.82) is 0 Å². The minimum absolute atomic E-state index is 0.00603. The zero-order valence-electron chi connectivity index (χ0n) is 15.6. The van der Waals surface area contributed by atoms with Crippen molar-refractivity contribution < 1.29 is 28.9 Å². The number of likely N-dealkylation sites (tertiary alicyclic amines) is 1. The van der Waals surface area contributed by atoms with Gasteiger partial charge in [-0.3, -0.25) is 9.59 Å². The molecule has 0 aliphatic carbocycles. The first-order valence-corrected chi connectivity index (χ1v) is 9.67. The fraction of sp³-hybridized carbons (Fsp3) is 0.238. The lowest BCUT2D eigenvalue weighted by Crippen LogP contribution is -2.31. The van der Waals surface area contributed by atoms with E-state index in [-0.39, 0.29) is 36.5 Å². The number of amides is 1. The number of rotatable bonds is 6. The Morgan fingerprint density at radius 3 is 2.62 bits per heavy atom. The van der Waals surface area contributed by atoms with Crippen molar-refractivity contribution in [2.24, 2.45) is 0 Å². The molecule has 0 radical (unpaired) electrons. The van der Waals surface area contributed by atoms with Crippen molar-refractivity contribution in [3.63, 3.8) is 0 Å². The largest absolute Gasteiger partial charge is 0.507 e. The van der Waals surface area contributed by atoms with Gasteiger partial charge < -0.3 is 19.8 Å². The first kappa shape index (κ1) is 21.0. The Hall–Kier alpha value is -2.71. The number of carbonyl (C=O) groups excluding carboxylic acids is 2. The summed E-state index contributed by atoms with van der Waals surface area (Å²) in [5, 5.41) is 20.0. The number of hydrogen-bond acceptors (Lipinski definition) is 5. The number of carbonyl (C=O) groups is 2. The van der Waals surface area contributed by atoms with Crippen LogP contribution in [0.2, 0.25) is 0 Å². The van der Waals surface area contributed by atoms with Crippen molar-refractivity contribution in [3.05, 3.63) is 69.5 Å². The molecule has 3 rings (SSSR count). The zero-order chi connectivity index (χ0) is 21.1. The molecule has 0 spiro atoms. The van der Waals surface area contributed by atoms with Crippen LogP contribution in [0.25, 0.3) is 5.76 Å². The fourth-order valence-corrected chi connectivity index (χ4v) is 3.76. The number of hydrogen-bond donors (Lipinski definition) is 2. The first-order chi connectivity index (χ1) is 13.9. The highest BCUT2D eigenvalue weighted by Gasteiger charge is 2.45. The number of ether oxygens (including phenoxy) is 1. The fourth-order valence-electron chi connectivity index (χ4n) is 3.34. The van der Waals surface area contributed by atoms with E-state index in [1.54, 1.807) is 24.3 Å². The van der Waals surface area contributed by atoms with Crippen LogP contribution in [0, 0.1) is 5.82 Å². The van der Waals surface area contributed by atoms with Crippen LogP contribution in [0.3, 0.4) is 0 Å². The van der Waals surface area contributed by atoms with Gasteiger partial charge in [-0.2, -0.15) is 0 Å². The van der Waals surface area contributed by atoms with Gasteiger partial charge in [0.2, 0.25) is 0 Å². The second-order valence-electron chi connectivity index (χ2n) is 6.47. The van der Waals surface area contributed by atoms with Gasteiger partial charge >= 0.3 is 0 Å². The average Bonchev–Trinajstić information content (AvgIpc) is 2.96. The van der Waals surface area contributed by atoms with Crippen molar-refractivity contribution in [1.82, 2.24) is 4.90 Å². The molecule has 1 amide bonds. The van der Waals surface area contributed by atoms with Crippen LogP contribution in [0.5, 0.6) is 5.75 Å². The minimum atomic E-state index is -0.860. The standard InChI is InChI=1S/C21H19BrFNO5/c1-29-16-7-6-13(11-15(16)23)19(26)17-18(12-4-2-5-14(22)10-12)24(8-3-9-25)21(28)20(17)27/h2,4-7,10-11,18,25-26H,3,8-9H2,1H3/b19-17-. The lowest BCUT2D eigenvalue weighted by Gasteiger charge is -2.25. The maximum Gasteiger partial charge on any atom is 0.295 e. The number of benzene rings is 2. The monoisotopic (exact) mass is 463 g/mol. The number of Topliss-reactive ketones (excluding diaryl/α,β-unsaturated/α-hetero) is 1. The molecule has 8 heteroatoms. The summed E-state index contributed by atoms with van der Waals surface area (Å²) in [5.74, 6) is -2.82. The maximum absolute atomic E-state index is 14.1. The van der Waals surface area contributed by atoms with E-state index in [0.717, 1.165) is 10.5 Å². The third kappa shape index (κ3) is 4.04. The quantitative estimate of drug-likeness (QED) is 0.389. The van der Waals surface area contributed by atoms with E-state index in [1.807, 2.05) is 0 Å². The van der Waals surface area contributed by atoms with Gasteiger partial charge in [0.15, 0.2) is 11.6 Å². The molecule has 2 aromatic carbocycles. The molecule has 0 bridgehead atoms. The smallest absolute Gasteiger partial charge is 0.295 e. The lowest BCUT2D eigenvalue weighted by atomic mass is 9.95. The van der Waals surface area contributed by atoms with Gasteiger partial charge in [-0.1, -0.05) is 28.1 Å². The Labute approximate surface area is 175 Å². The predicted molar refractivity (Wildman–Crippen MR) is 108 cm³/mol. The first-order valence-electron chi connectivity index (χ1n) is 8.87. The number of aliphatic hydroxyl groups is 2. The lowest BCUT2D eigenvalue weighted by molar-refractivity contribution is -0.140. The molecule has 1 saturated heterocycles. The minimum Gasteiger partial charge on any atom is -0.507 e. The summed E-state index contributed by atoms with van der Waals surface area (Å²) >= 11 is 3.37. The Balaban J connectivity index is 2.17. The van der Waals surface area contributed by atoms with E-state index < -0.39 is 29.3 Å². The van der Waals surface area contributed by atoms with Gasteiger partial charge in [-0.15, -0.1) is 0 Å². The van der Waals surface area contributed by atoms with Crippen molar-refractivity contribution in [3.8, 4) is 5.75 Å². The molecule has 2 aromatic rings. The molecule has 1 aliphatic rings. The highest BCUT2D eigenvalue weighted by molar-refractivity contribution is 9.10. The van der Waals surface area contributed by atoms with E-state index in [0.29, 0.717) is 5.56 Å². The molecule has 1 atom stereocenters. The van der Waals surface area contributed by atoms with E-state index in [9.17, 15) is 19.1 Å². The second-order valence-corrected chi connectivity index (χ2v) is 7.39. The molecular formula is C21H19BrFNO5. The van der Waals surface area contributed by atoms with Crippen LogP contribution >= 0.6 is 15.9 Å². The van der Waals surface area contributed by atoms with Crippen LogP contribution in [-0.4, -0.2) is 47.1 Å². The summed E-state index contributed by atoms with van der Waals surface area (Å²) in [6, 6.07) is 9.95. The number of ketones is 1.